The fourth-order valence-corrected chi connectivity index (χ4v) is 5.08. The predicted octanol–water partition coefficient (Wildman–Crippen LogP) is 3.74. The van der Waals surface area contributed by atoms with Gasteiger partial charge in [-0.2, -0.15) is 0 Å². The molecule has 4 rings (SSSR count). The number of benzene rings is 1. The van der Waals surface area contributed by atoms with E-state index in [-0.39, 0.29) is 23.7 Å². The molecule has 2 fully saturated rings. The predicted molar refractivity (Wildman–Crippen MR) is 123 cm³/mol. The third-order valence-electron chi connectivity index (χ3n) is 6.85. The zero-order valence-corrected chi connectivity index (χ0v) is 19.0. The summed E-state index contributed by atoms with van der Waals surface area (Å²) in [6.45, 7) is 7.56. The molecule has 0 radical (unpaired) electrons. The average molecular weight is 436 g/mol. The van der Waals surface area contributed by atoms with Gasteiger partial charge in [0.15, 0.2) is 0 Å². The summed E-state index contributed by atoms with van der Waals surface area (Å²) < 4.78 is 6.12. The summed E-state index contributed by atoms with van der Waals surface area (Å²) in [5, 5.41) is 0. The summed E-state index contributed by atoms with van der Waals surface area (Å²) >= 11 is 0. The van der Waals surface area contributed by atoms with Gasteiger partial charge in [-0.25, -0.2) is 0 Å². The Morgan fingerprint density at radius 2 is 1.78 bits per heavy atom. The van der Waals surface area contributed by atoms with Crippen LogP contribution in [0.1, 0.15) is 37.0 Å². The summed E-state index contributed by atoms with van der Waals surface area (Å²) in [6, 6.07) is 13.5. The van der Waals surface area contributed by atoms with Crippen molar-refractivity contribution in [2.45, 2.75) is 26.7 Å². The largest absolute Gasteiger partial charge is 0.493 e. The van der Waals surface area contributed by atoms with Gasteiger partial charge in [-0.1, -0.05) is 32.0 Å². The Morgan fingerprint density at radius 3 is 2.44 bits per heavy atom. The number of hydrogen-bond acceptors (Lipinski definition) is 4. The molecule has 2 saturated heterocycles. The summed E-state index contributed by atoms with van der Waals surface area (Å²) in [5.41, 5.74) is 0.633. The number of pyridine rings is 1. The molecule has 0 bridgehead atoms. The monoisotopic (exact) mass is 435 g/mol. The summed E-state index contributed by atoms with van der Waals surface area (Å²) in [5.74, 6) is 2.31. The number of ether oxygens (including phenoxy) is 1. The number of aromatic nitrogens is 1. The van der Waals surface area contributed by atoms with E-state index in [9.17, 15) is 9.59 Å². The molecule has 2 aliphatic heterocycles. The SMILES string of the molecule is CC(C)C(=O)N1CCC([C@@H]2CN(C(=O)c3cccnc3)C[C@H]2COc2ccccc2)CC1. The molecule has 0 N–H and O–H groups in total. The van der Waals surface area contributed by atoms with Crippen LogP contribution in [0.4, 0.5) is 0 Å². The number of piperidine rings is 1. The second-order valence-electron chi connectivity index (χ2n) is 9.32. The molecule has 2 aliphatic rings. The number of rotatable bonds is 6. The lowest BCUT2D eigenvalue weighted by molar-refractivity contribution is -0.136. The Bertz CT molecular complexity index is 895. The fourth-order valence-electron chi connectivity index (χ4n) is 5.08. The second-order valence-corrected chi connectivity index (χ2v) is 9.32. The van der Waals surface area contributed by atoms with E-state index >= 15 is 0 Å². The molecule has 32 heavy (non-hydrogen) atoms. The van der Waals surface area contributed by atoms with Gasteiger partial charge in [0.1, 0.15) is 5.75 Å². The van der Waals surface area contributed by atoms with E-state index in [4.69, 9.17) is 4.74 Å². The number of carbonyl (C=O) groups excluding carboxylic acids is 2. The van der Waals surface area contributed by atoms with Crippen molar-refractivity contribution < 1.29 is 14.3 Å². The van der Waals surface area contributed by atoms with Gasteiger partial charge in [0.2, 0.25) is 5.91 Å². The molecular weight excluding hydrogens is 402 g/mol. The topological polar surface area (TPSA) is 62.7 Å². The van der Waals surface area contributed by atoms with Gasteiger partial charge in [-0.05, 0) is 48.9 Å². The first-order chi connectivity index (χ1) is 15.5. The summed E-state index contributed by atoms with van der Waals surface area (Å²) in [7, 11) is 0. The van der Waals surface area contributed by atoms with E-state index < -0.39 is 0 Å². The van der Waals surface area contributed by atoms with Gasteiger partial charge in [-0.3, -0.25) is 14.6 Å². The summed E-state index contributed by atoms with van der Waals surface area (Å²) in [4.78, 5) is 33.6. The molecule has 1 aromatic carbocycles. The van der Waals surface area contributed by atoms with E-state index in [1.54, 1.807) is 18.5 Å². The molecule has 6 nitrogen and oxygen atoms in total. The van der Waals surface area contributed by atoms with Crippen LogP contribution in [-0.4, -0.2) is 59.4 Å². The molecule has 0 unspecified atom stereocenters. The van der Waals surface area contributed by atoms with Gasteiger partial charge >= 0.3 is 0 Å². The fraction of sp³-hybridized carbons (Fsp3) is 0.500. The van der Waals surface area contributed by atoms with Crippen molar-refractivity contribution in [3.63, 3.8) is 0 Å². The normalized spacial score (nSPS) is 21.7. The lowest BCUT2D eigenvalue weighted by Crippen LogP contribution is -2.43. The van der Waals surface area contributed by atoms with E-state index in [0.717, 1.165) is 38.2 Å². The molecule has 1 aromatic heterocycles. The number of nitrogens with zero attached hydrogens (tertiary/aromatic N) is 3. The van der Waals surface area contributed by atoms with Crippen molar-refractivity contribution in [2.75, 3.05) is 32.8 Å². The number of para-hydroxylation sites is 1. The molecule has 2 aromatic rings. The van der Waals surface area contributed by atoms with E-state index in [1.165, 1.54) is 0 Å². The number of carbonyl (C=O) groups is 2. The van der Waals surface area contributed by atoms with Crippen molar-refractivity contribution in [3.05, 3.63) is 60.4 Å². The van der Waals surface area contributed by atoms with E-state index in [2.05, 4.69) is 4.98 Å². The molecule has 0 saturated carbocycles. The van der Waals surface area contributed by atoms with Gasteiger partial charge in [0.05, 0.1) is 12.2 Å². The van der Waals surface area contributed by atoms with Gasteiger partial charge in [0, 0.05) is 50.4 Å². The third kappa shape index (κ3) is 5.12. The van der Waals surface area contributed by atoms with Gasteiger partial charge in [0.25, 0.3) is 5.91 Å². The van der Waals surface area contributed by atoms with Gasteiger partial charge in [-0.15, -0.1) is 0 Å². The van der Waals surface area contributed by atoms with Crippen molar-refractivity contribution in [1.82, 2.24) is 14.8 Å². The maximum atomic E-state index is 13.1. The highest BCUT2D eigenvalue weighted by Crippen LogP contribution is 2.37. The maximum absolute atomic E-state index is 13.1. The standard InChI is InChI=1S/C26H33N3O3/c1-19(2)25(30)28-13-10-20(11-14-28)24-17-29(26(31)21-7-6-12-27-15-21)16-22(24)18-32-23-8-4-3-5-9-23/h3-9,12,15,19-20,22,24H,10-11,13-14,16-18H2,1-2H3/t22-,24-/m0/s1. The first-order valence-electron chi connectivity index (χ1n) is 11.7. The van der Waals surface area contributed by atoms with Crippen molar-refractivity contribution in [2.24, 2.45) is 23.7 Å². The molecule has 3 heterocycles. The average Bonchev–Trinajstić information content (AvgIpc) is 3.27. The van der Waals surface area contributed by atoms with Crippen molar-refractivity contribution in [1.29, 1.82) is 0 Å². The van der Waals surface area contributed by atoms with Crippen molar-refractivity contribution >= 4 is 11.8 Å². The highest BCUT2D eigenvalue weighted by Gasteiger charge is 2.41. The Balaban J connectivity index is 1.44. The molecule has 2 amide bonds. The zero-order chi connectivity index (χ0) is 22.5. The van der Waals surface area contributed by atoms with E-state index in [0.29, 0.717) is 30.6 Å². The highest BCUT2D eigenvalue weighted by atomic mass is 16.5. The minimum Gasteiger partial charge on any atom is -0.493 e. The summed E-state index contributed by atoms with van der Waals surface area (Å²) in [6.07, 6.45) is 5.30. The van der Waals surface area contributed by atoms with Crippen LogP contribution in [0, 0.1) is 23.7 Å². The molecular formula is C26H33N3O3. The lowest BCUT2D eigenvalue weighted by Gasteiger charge is -2.37. The Kier molecular flexibility index (Phi) is 7.08. The van der Waals surface area contributed by atoms with Gasteiger partial charge < -0.3 is 14.5 Å². The number of amides is 2. The highest BCUT2D eigenvalue weighted by molar-refractivity contribution is 5.94. The van der Waals surface area contributed by atoms with Crippen LogP contribution in [0.25, 0.3) is 0 Å². The molecule has 0 aliphatic carbocycles. The first kappa shape index (κ1) is 22.3. The molecule has 2 atom stereocenters. The second kappa shape index (κ2) is 10.2. The van der Waals surface area contributed by atoms with Crippen LogP contribution in [0.2, 0.25) is 0 Å². The van der Waals surface area contributed by atoms with E-state index in [1.807, 2.05) is 60.0 Å². The Labute approximate surface area is 190 Å². The Hall–Kier alpha value is -2.89. The smallest absolute Gasteiger partial charge is 0.255 e. The number of hydrogen-bond donors (Lipinski definition) is 0. The maximum Gasteiger partial charge on any atom is 0.255 e. The van der Waals surface area contributed by atoms with Crippen LogP contribution in [0.5, 0.6) is 5.75 Å². The van der Waals surface area contributed by atoms with Crippen molar-refractivity contribution in [3.8, 4) is 5.75 Å². The first-order valence-corrected chi connectivity index (χ1v) is 11.7. The van der Waals surface area contributed by atoms with Crippen LogP contribution in [0.15, 0.2) is 54.9 Å². The number of likely N-dealkylation sites (tertiary alicyclic amines) is 2. The quantitative estimate of drug-likeness (QED) is 0.693. The third-order valence-corrected chi connectivity index (χ3v) is 6.85. The minimum absolute atomic E-state index is 0.0395. The van der Waals surface area contributed by atoms with Crippen LogP contribution in [0.3, 0.4) is 0 Å². The molecule has 0 spiro atoms. The zero-order valence-electron chi connectivity index (χ0n) is 19.0. The van der Waals surface area contributed by atoms with Crippen LogP contribution in [-0.2, 0) is 4.79 Å². The minimum atomic E-state index is 0.0395. The molecule has 170 valence electrons. The van der Waals surface area contributed by atoms with Crippen LogP contribution >= 0.6 is 0 Å². The Morgan fingerprint density at radius 1 is 1.03 bits per heavy atom. The van der Waals surface area contributed by atoms with Crippen LogP contribution < -0.4 is 4.74 Å². The lowest BCUT2D eigenvalue weighted by atomic mass is 9.78. The molecule has 6 heteroatoms.